The predicted molar refractivity (Wildman–Crippen MR) is 96.1 cm³/mol. The van der Waals surface area contributed by atoms with Crippen molar-refractivity contribution in [2.24, 2.45) is 0 Å². The van der Waals surface area contributed by atoms with Crippen LogP contribution in [-0.4, -0.2) is 28.8 Å². The lowest BCUT2D eigenvalue weighted by atomic mass is 10.2. The third-order valence-electron chi connectivity index (χ3n) is 3.54. The molecule has 0 spiro atoms. The highest BCUT2D eigenvalue weighted by Crippen LogP contribution is 2.07. The Hall–Kier alpha value is -2.44. The summed E-state index contributed by atoms with van der Waals surface area (Å²) in [6.07, 6.45) is 3.92. The molecule has 0 saturated heterocycles. The van der Waals surface area contributed by atoms with Gasteiger partial charge in [0.1, 0.15) is 0 Å². The van der Waals surface area contributed by atoms with Crippen LogP contribution in [0.2, 0.25) is 0 Å². The van der Waals surface area contributed by atoms with Crippen molar-refractivity contribution in [2.45, 2.75) is 13.1 Å². The zero-order valence-electron chi connectivity index (χ0n) is 13.3. The highest BCUT2D eigenvalue weighted by Gasteiger charge is 2.04. The smallest absolute Gasteiger partial charge is 0.261 e. The summed E-state index contributed by atoms with van der Waals surface area (Å²) in [5.74, 6) is -0.0116. The van der Waals surface area contributed by atoms with Gasteiger partial charge in [0.05, 0.1) is 17.6 Å². The van der Waals surface area contributed by atoms with Crippen molar-refractivity contribution in [2.75, 3.05) is 13.1 Å². The van der Waals surface area contributed by atoms with E-state index in [0.717, 1.165) is 30.1 Å². The molecule has 3 rings (SSSR count). The molecule has 2 heterocycles. The molecule has 124 valence electrons. The Balaban J connectivity index is 1.36. The number of rotatable bonds is 8. The van der Waals surface area contributed by atoms with Gasteiger partial charge in [0.15, 0.2) is 0 Å². The maximum absolute atomic E-state index is 11.8. The van der Waals surface area contributed by atoms with Crippen LogP contribution in [0.25, 0.3) is 0 Å². The van der Waals surface area contributed by atoms with Crippen LogP contribution in [0.5, 0.6) is 0 Å². The summed E-state index contributed by atoms with van der Waals surface area (Å²) in [7, 11) is 0. The third kappa shape index (κ3) is 4.78. The molecule has 0 unspecified atom stereocenters. The highest BCUT2D eigenvalue weighted by molar-refractivity contribution is 7.12. The van der Waals surface area contributed by atoms with E-state index < -0.39 is 0 Å². The maximum atomic E-state index is 11.8. The highest BCUT2D eigenvalue weighted by atomic mass is 32.1. The molecule has 6 heteroatoms. The van der Waals surface area contributed by atoms with Crippen LogP contribution < -0.4 is 10.6 Å². The summed E-state index contributed by atoms with van der Waals surface area (Å²) in [6, 6.07) is 14.0. The molecule has 2 N–H and O–H groups in total. The molecule has 0 atom stereocenters. The molecule has 24 heavy (non-hydrogen) atoms. The van der Waals surface area contributed by atoms with E-state index in [9.17, 15) is 4.79 Å². The molecule has 0 fully saturated rings. The van der Waals surface area contributed by atoms with Crippen molar-refractivity contribution in [1.82, 2.24) is 20.4 Å². The first-order valence-electron chi connectivity index (χ1n) is 7.89. The second kappa shape index (κ2) is 8.42. The predicted octanol–water partition coefficient (Wildman–Crippen LogP) is 2.51. The number of hydrogen-bond donors (Lipinski definition) is 2. The van der Waals surface area contributed by atoms with Crippen LogP contribution in [0.3, 0.4) is 0 Å². The normalized spacial score (nSPS) is 10.7. The SMILES string of the molecule is O=C(NCCNCc1cnn(Cc2ccccc2)c1)c1cccs1. The van der Waals surface area contributed by atoms with Gasteiger partial charge in [-0.05, 0) is 17.0 Å². The average molecular weight is 340 g/mol. The van der Waals surface area contributed by atoms with Crippen LogP contribution in [-0.2, 0) is 13.1 Å². The molecule has 0 bridgehead atoms. The number of carbonyl (C=O) groups excluding carboxylic acids is 1. The van der Waals surface area contributed by atoms with E-state index in [2.05, 4.69) is 27.9 Å². The first-order valence-corrected chi connectivity index (χ1v) is 8.77. The first kappa shape index (κ1) is 16.4. The van der Waals surface area contributed by atoms with Crippen LogP contribution in [0.1, 0.15) is 20.8 Å². The number of thiophene rings is 1. The Morgan fingerprint density at radius 3 is 2.75 bits per heavy atom. The number of nitrogens with one attached hydrogen (secondary N) is 2. The van der Waals surface area contributed by atoms with Crippen LogP contribution in [0.4, 0.5) is 0 Å². The lowest BCUT2D eigenvalue weighted by molar-refractivity contribution is 0.0958. The molecule has 0 aliphatic carbocycles. The van der Waals surface area contributed by atoms with Gasteiger partial charge in [-0.3, -0.25) is 9.48 Å². The van der Waals surface area contributed by atoms with Crippen molar-refractivity contribution < 1.29 is 4.79 Å². The summed E-state index contributed by atoms with van der Waals surface area (Å²) in [5, 5.41) is 12.5. The van der Waals surface area contributed by atoms with E-state index in [1.54, 1.807) is 0 Å². The van der Waals surface area contributed by atoms with E-state index in [1.807, 2.05) is 52.8 Å². The van der Waals surface area contributed by atoms with Crippen molar-refractivity contribution in [3.63, 3.8) is 0 Å². The van der Waals surface area contributed by atoms with E-state index in [0.29, 0.717) is 6.54 Å². The zero-order valence-corrected chi connectivity index (χ0v) is 14.1. The largest absolute Gasteiger partial charge is 0.350 e. The van der Waals surface area contributed by atoms with Gasteiger partial charge in [-0.2, -0.15) is 5.10 Å². The standard InChI is InChI=1S/C18H20N4OS/c23-18(17-7-4-10-24-17)20-9-8-19-11-16-12-21-22(14-16)13-15-5-2-1-3-6-15/h1-7,10,12,14,19H,8-9,11,13H2,(H,20,23). The molecular formula is C18H20N4OS. The Morgan fingerprint density at radius 1 is 1.08 bits per heavy atom. The summed E-state index contributed by atoms with van der Waals surface area (Å²) in [6.45, 7) is 2.84. The molecule has 0 saturated carbocycles. The fraction of sp³-hybridized carbons (Fsp3) is 0.222. The second-order valence-electron chi connectivity index (χ2n) is 5.44. The lowest BCUT2D eigenvalue weighted by Gasteiger charge is -2.05. The number of carbonyl (C=O) groups is 1. The Bertz CT molecular complexity index is 752. The number of aromatic nitrogens is 2. The lowest BCUT2D eigenvalue weighted by Crippen LogP contribution is -2.31. The fourth-order valence-electron chi connectivity index (χ4n) is 2.35. The summed E-state index contributed by atoms with van der Waals surface area (Å²) >= 11 is 1.45. The third-order valence-corrected chi connectivity index (χ3v) is 4.40. The van der Waals surface area contributed by atoms with Crippen molar-refractivity contribution in [3.05, 3.63) is 76.2 Å². The number of amides is 1. The minimum Gasteiger partial charge on any atom is -0.350 e. The Kier molecular flexibility index (Phi) is 5.76. The molecule has 0 aliphatic heterocycles. The minimum atomic E-state index is -0.0116. The topological polar surface area (TPSA) is 59.0 Å². The monoisotopic (exact) mass is 340 g/mol. The fourth-order valence-corrected chi connectivity index (χ4v) is 2.99. The van der Waals surface area contributed by atoms with E-state index in [4.69, 9.17) is 0 Å². The zero-order chi connectivity index (χ0) is 16.6. The van der Waals surface area contributed by atoms with Gasteiger partial charge in [0.25, 0.3) is 5.91 Å². The molecular weight excluding hydrogens is 320 g/mol. The van der Waals surface area contributed by atoms with Crippen LogP contribution >= 0.6 is 11.3 Å². The van der Waals surface area contributed by atoms with Gasteiger partial charge in [-0.1, -0.05) is 36.4 Å². The quantitative estimate of drug-likeness (QED) is 0.620. The van der Waals surface area contributed by atoms with Crippen LogP contribution in [0, 0.1) is 0 Å². The van der Waals surface area contributed by atoms with Gasteiger partial charge in [0, 0.05) is 31.4 Å². The second-order valence-corrected chi connectivity index (χ2v) is 6.39. The molecule has 3 aromatic rings. The Labute approximate surface area is 145 Å². The maximum Gasteiger partial charge on any atom is 0.261 e. The van der Waals surface area contributed by atoms with Crippen LogP contribution in [0.15, 0.2) is 60.2 Å². The number of nitrogens with zero attached hydrogens (tertiary/aromatic N) is 2. The molecule has 5 nitrogen and oxygen atoms in total. The molecule has 2 aromatic heterocycles. The van der Waals surface area contributed by atoms with E-state index >= 15 is 0 Å². The number of hydrogen-bond acceptors (Lipinski definition) is 4. The summed E-state index contributed by atoms with van der Waals surface area (Å²) < 4.78 is 1.94. The minimum absolute atomic E-state index is 0.0116. The van der Waals surface area contributed by atoms with Crippen molar-refractivity contribution in [3.8, 4) is 0 Å². The molecule has 1 aromatic carbocycles. The van der Waals surface area contributed by atoms with Gasteiger partial charge >= 0.3 is 0 Å². The van der Waals surface area contributed by atoms with Crippen molar-refractivity contribution >= 4 is 17.2 Å². The van der Waals surface area contributed by atoms with Gasteiger partial charge in [-0.15, -0.1) is 11.3 Å². The summed E-state index contributed by atoms with van der Waals surface area (Å²) in [4.78, 5) is 12.5. The Morgan fingerprint density at radius 2 is 1.96 bits per heavy atom. The molecule has 1 amide bonds. The van der Waals surface area contributed by atoms with Gasteiger partial charge in [-0.25, -0.2) is 0 Å². The van der Waals surface area contributed by atoms with E-state index in [-0.39, 0.29) is 5.91 Å². The first-order chi connectivity index (χ1) is 11.8. The average Bonchev–Trinajstić information content (AvgIpc) is 3.27. The number of benzene rings is 1. The van der Waals surface area contributed by atoms with E-state index in [1.165, 1.54) is 16.9 Å². The molecule has 0 aliphatic rings. The van der Waals surface area contributed by atoms with Crippen molar-refractivity contribution in [1.29, 1.82) is 0 Å². The molecule has 0 radical (unpaired) electrons. The van der Waals surface area contributed by atoms with Gasteiger partial charge < -0.3 is 10.6 Å². The van der Waals surface area contributed by atoms with Gasteiger partial charge in [0.2, 0.25) is 0 Å². The summed E-state index contributed by atoms with van der Waals surface area (Å²) in [5.41, 5.74) is 2.37.